The Hall–Kier alpha value is -2.34. The number of nitrogens with zero attached hydrogens (tertiary/aromatic N) is 2. The molecular weight excluding hydrogens is 320 g/mol. The third-order valence-electron chi connectivity index (χ3n) is 4.79. The molecule has 2 atom stereocenters. The molecule has 2 aromatic rings. The molecule has 1 aromatic carbocycles. The smallest absolute Gasteiger partial charge is 0.257 e. The molecule has 0 spiro atoms. The average molecular weight is 344 g/mol. The minimum atomic E-state index is -0.359. The van der Waals surface area contributed by atoms with Crippen LogP contribution in [0.1, 0.15) is 24.0 Å². The molecule has 0 bridgehead atoms. The van der Waals surface area contributed by atoms with E-state index in [1.165, 1.54) is 18.9 Å². The minimum absolute atomic E-state index is 0.0743. The van der Waals surface area contributed by atoms with Gasteiger partial charge in [0.05, 0.1) is 18.8 Å². The maximum atomic E-state index is 12.6. The second-order valence-corrected chi connectivity index (χ2v) is 6.49. The van der Waals surface area contributed by atoms with Crippen LogP contribution in [0.3, 0.4) is 0 Å². The molecule has 25 heavy (non-hydrogen) atoms. The fraction of sp³-hybridized carbons (Fsp3) is 0.474. The summed E-state index contributed by atoms with van der Waals surface area (Å²) < 4.78 is 9.98. The number of rotatable bonds is 6. The Morgan fingerprint density at radius 2 is 2.20 bits per heavy atom. The SMILES string of the molecule is COc1nocc1CCC(=O)N1CC[C@H](O)[C@H](Cc2ccccc2)C1. The summed E-state index contributed by atoms with van der Waals surface area (Å²) in [6.07, 6.45) is 3.48. The van der Waals surface area contributed by atoms with Gasteiger partial charge in [-0.05, 0) is 30.0 Å². The molecule has 6 nitrogen and oxygen atoms in total. The average Bonchev–Trinajstić information content (AvgIpc) is 3.10. The number of methoxy groups -OCH3 is 1. The van der Waals surface area contributed by atoms with Crippen molar-refractivity contribution in [3.8, 4) is 5.88 Å². The number of amides is 1. The van der Waals surface area contributed by atoms with E-state index >= 15 is 0 Å². The number of ether oxygens (including phenoxy) is 1. The lowest BCUT2D eigenvalue weighted by atomic mass is 9.88. The molecule has 1 amide bonds. The standard InChI is InChI=1S/C19H24N2O4/c1-24-19-15(13-25-20-19)7-8-18(23)21-10-9-17(22)16(12-21)11-14-5-3-2-4-6-14/h2-6,13,16-17,22H,7-12H2,1H3/t16-,17+/m1/s1. The van der Waals surface area contributed by atoms with Crippen molar-refractivity contribution in [1.82, 2.24) is 10.1 Å². The Morgan fingerprint density at radius 3 is 2.96 bits per heavy atom. The monoisotopic (exact) mass is 344 g/mol. The molecule has 0 saturated carbocycles. The van der Waals surface area contributed by atoms with Crippen LogP contribution >= 0.6 is 0 Å². The van der Waals surface area contributed by atoms with Crippen molar-refractivity contribution in [2.45, 2.75) is 31.8 Å². The van der Waals surface area contributed by atoms with Gasteiger partial charge in [-0.3, -0.25) is 4.79 Å². The highest BCUT2D eigenvalue weighted by Gasteiger charge is 2.30. The zero-order valence-corrected chi connectivity index (χ0v) is 14.4. The van der Waals surface area contributed by atoms with Crippen molar-refractivity contribution in [2.75, 3.05) is 20.2 Å². The van der Waals surface area contributed by atoms with Gasteiger partial charge in [-0.1, -0.05) is 30.3 Å². The van der Waals surface area contributed by atoms with Gasteiger partial charge in [0.25, 0.3) is 5.88 Å². The number of aliphatic hydroxyl groups is 1. The molecule has 0 radical (unpaired) electrons. The van der Waals surface area contributed by atoms with Gasteiger partial charge in [0.1, 0.15) is 6.26 Å². The van der Waals surface area contributed by atoms with Gasteiger partial charge in [0, 0.05) is 25.4 Å². The highest BCUT2D eigenvalue weighted by atomic mass is 16.5. The number of aromatic nitrogens is 1. The Kier molecular flexibility index (Phi) is 5.71. The lowest BCUT2D eigenvalue weighted by Gasteiger charge is -2.36. The van der Waals surface area contributed by atoms with E-state index in [2.05, 4.69) is 17.3 Å². The van der Waals surface area contributed by atoms with E-state index in [1.54, 1.807) is 0 Å². The number of likely N-dealkylation sites (tertiary alicyclic amines) is 1. The second kappa shape index (κ2) is 8.16. The first-order chi connectivity index (χ1) is 12.2. The van der Waals surface area contributed by atoms with Crippen molar-refractivity contribution in [1.29, 1.82) is 0 Å². The van der Waals surface area contributed by atoms with E-state index in [4.69, 9.17) is 9.26 Å². The first kappa shape index (κ1) is 17.5. The maximum Gasteiger partial charge on any atom is 0.257 e. The summed E-state index contributed by atoms with van der Waals surface area (Å²) in [6.45, 7) is 1.20. The van der Waals surface area contributed by atoms with Gasteiger partial charge in [-0.25, -0.2) is 0 Å². The molecule has 1 N–H and O–H groups in total. The number of hydrogen-bond donors (Lipinski definition) is 1. The summed E-state index contributed by atoms with van der Waals surface area (Å²) in [5.41, 5.74) is 1.99. The summed E-state index contributed by atoms with van der Waals surface area (Å²) in [4.78, 5) is 14.4. The zero-order chi connectivity index (χ0) is 17.6. The summed E-state index contributed by atoms with van der Waals surface area (Å²) in [5.74, 6) is 0.599. The number of aliphatic hydroxyl groups excluding tert-OH is 1. The van der Waals surface area contributed by atoms with Crippen LogP contribution in [0.15, 0.2) is 41.1 Å². The van der Waals surface area contributed by atoms with Crippen LogP contribution in [0.5, 0.6) is 5.88 Å². The summed E-state index contributed by atoms with van der Waals surface area (Å²) in [7, 11) is 1.53. The first-order valence-corrected chi connectivity index (χ1v) is 8.64. The minimum Gasteiger partial charge on any atom is -0.479 e. The van der Waals surface area contributed by atoms with Crippen LogP contribution in [0.2, 0.25) is 0 Å². The van der Waals surface area contributed by atoms with E-state index < -0.39 is 0 Å². The second-order valence-electron chi connectivity index (χ2n) is 6.49. The van der Waals surface area contributed by atoms with Crippen LogP contribution in [-0.4, -0.2) is 47.4 Å². The Balaban J connectivity index is 1.55. The van der Waals surface area contributed by atoms with Crippen molar-refractivity contribution in [3.63, 3.8) is 0 Å². The van der Waals surface area contributed by atoms with E-state index in [9.17, 15) is 9.90 Å². The molecule has 1 aliphatic heterocycles. The third kappa shape index (κ3) is 4.39. The highest BCUT2D eigenvalue weighted by molar-refractivity contribution is 5.76. The van der Waals surface area contributed by atoms with Gasteiger partial charge >= 0.3 is 0 Å². The van der Waals surface area contributed by atoms with Gasteiger partial charge in [-0.2, -0.15) is 0 Å². The molecule has 6 heteroatoms. The highest BCUT2D eigenvalue weighted by Crippen LogP contribution is 2.23. The fourth-order valence-electron chi connectivity index (χ4n) is 3.34. The van der Waals surface area contributed by atoms with E-state index in [1.807, 2.05) is 23.1 Å². The summed E-state index contributed by atoms with van der Waals surface area (Å²) >= 11 is 0. The fourth-order valence-corrected chi connectivity index (χ4v) is 3.34. The quantitative estimate of drug-likeness (QED) is 0.868. The molecule has 3 rings (SSSR count). The normalized spacial score (nSPS) is 20.5. The molecule has 1 aliphatic rings. The van der Waals surface area contributed by atoms with Crippen molar-refractivity contribution >= 4 is 5.91 Å². The van der Waals surface area contributed by atoms with Crippen molar-refractivity contribution < 1.29 is 19.2 Å². The number of hydrogen-bond acceptors (Lipinski definition) is 5. The third-order valence-corrected chi connectivity index (χ3v) is 4.79. The number of carbonyl (C=O) groups is 1. The zero-order valence-electron chi connectivity index (χ0n) is 14.4. The molecule has 0 aliphatic carbocycles. The van der Waals surface area contributed by atoms with Crippen LogP contribution in [0, 0.1) is 5.92 Å². The molecule has 2 heterocycles. The predicted octanol–water partition coefficient (Wildman–Crippen LogP) is 2.07. The number of aryl methyl sites for hydroxylation is 1. The molecule has 134 valence electrons. The van der Waals surface area contributed by atoms with Gasteiger partial charge in [0.2, 0.25) is 5.91 Å². The summed E-state index contributed by atoms with van der Waals surface area (Å²) in [5, 5.41) is 14.0. The predicted molar refractivity (Wildman–Crippen MR) is 92.2 cm³/mol. The van der Waals surface area contributed by atoms with E-state index in [0.717, 1.165) is 12.0 Å². The molecule has 1 saturated heterocycles. The van der Waals surface area contributed by atoms with Crippen LogP contribution < -0.4 is 4.74 Å². The largest absolute Gasteiger partial charge is 0.479 e. The Morgan fingerprint density at radius 1 is 1.40 bits per heavy atom. The maximum absolute atomic E-state index is 12.6. The Bertz CT molecular complexity index is 686. The van der Waals surface area contributed by atoms with Gasteiger partial charge < -0.3 is 19.3 Å². The van der Waals surface area contributed by atoms with E-state index in [-0.39, 0.29) is 17.9 Å². The van der Waals surface area contributed by atoms with E-state index in [0.29, 0.717) is 38.2 Å². The number of benzene rings is 1. The lowest BCUT2D eigenvalue weighted by molar-refractivity contribution is -0.134. The number of piperidine rings is 1. The van der Waals surface area contributed by atoms with Crippen molar-refractivity contribution in [3.05, 3.63) is 47.7 Å². The van der Waals surface area contributed by atoms with Crippen LogP contribution in [-0.2, 0) is 17.6 Å². The molecule has 1 aromatic heterocycles. The Labute approximate surface area is 147 Å². The molecular formula is C19H24N2O4. The summed E-state index contributed by atoms with van der Waals surface area (Å²) in [6, 6.07) is 10.1. The van der Waals surface area contributed by atoms with Crippen molar-refractivity contribution in [2.24, 2.45) is 5.92 Å². The topological polar surface area (TPSA) is 75.8 Å². The van der Waals surface area contributed by atoms with Gasteiger partial charge in [-0.15, -0.1) is 0 Å². The molecule has 1 fully saturated rings. The van der Waals surface area contributed by atoms with Gasteiger partial charge in [0.15, 0.2) is 0 Å². The van der Waals surface area contributed by atoms with Crippen LogP contribution in [0.25, 0.3) is 0 Å². The molecule has 0 unspecified atom stereocenters. The lowest BCUT2D eigenvalue weighted by Crippen LogP contribution is -2.46. The van der Waals surface area contributed by atoms with Crippen LogP contribution in [0.4, 0.5) is 0 Å². The number of carbonyl (C=O) groups excluding carboxylic acids is 1. The first-order valence-electron chi connectivity index (χ1n) is 8.64.